The summed E-state index contributed by atoms with van der Waals surface area (Å²) in [5.41, 5.74) is 9.44. The van der Waals surface area contributed by atoms with E-state index in [2.05, 4.69) is 11.1 Å². The third kappa shape index (κ3) is 2.86. The summed E-state index contributed by atoms with van der Waals surface area (Å²) in [7, 11) is 0. The molecule has 0 fully saturated rings. The molecule has 3 aromatic rings. The molecule has 0 saturated carbocycles. The van der Waals surface area contributed by atoms with Crippen LogP contribution in [0.3, 0.4) is 0 Å². The first kappa shape index (κ1) is 17.3. The number of nitrogens with zero attached hydrogens (tertiary/aromatic N) is 3. The highest BCUT2D eigenvalue weighted by Crippen LogP contribution is 2.46. The monoisotopic (exact) mass is 374 g/mol. The number of hydrogen-bond donors (Lipinski definition) is 1. The second-order valence-electron chi connectivity index (χ2n) is 6.21. The van der Waals surface area contributed by atoms with Gasteiger partial charge in [0.1, 0.15) is 11.5 Å². The van der Waals surface area contributed by atoms with Crippen LogP contribution < -0.4 is 10.6 Å². The number of para-hydroxylation sites is 1. The molecular formula is C21H18N4OS. The van der Waals surface area contributed by atoms with Gasteiger partial charge in [-0.1, -0.05) is 30.3 Å². The summed E-state index contributed by atoms with van der Waals surface area (Å²) >= 11 is 1.67. The second-order valence-corrected chi connectivity index (χ2v) is 7.09. The molecule has 0 saturated heterocycles. The van der Waals surface area contributed by atoms with Crippen molar-refractivity contribution in [2.45, 2.75) is 17.7 Å². The maximum absolute atomic E-state index is 9.91. The first-order chi connectivity index (χ1) is 13.1. The normalized spacial score (nSPS) is 16.2. The Kier molecular flexibility index (Phi) is 4.38. The fourth-order valence-electron chi connectivity index (χ4n) is 3.37. The van der Waals surface area contributed by atoms with E-state index in [1.807, 2.05) is 60.9 Å². The van der Waals surface area contributed by atoms with Gasteiger partial charge in [-0.15, -0.1) is 11.8 Å². The first-order valence-electron chi connectivity index (χ1n) is 8.50. The van der Waals surface area contributed by atoms with Crippen molar-refractivity contribution in [2.24, 2.45) is 5.73 Å². The number of allylic oxidation sites excluding steroid dienone is 1. The Balaban J connectivity index is 1.93. The topological polar surface area (TPSA) is 79.1 Å². The predicted molar refractivity (Wildman–Crippen MR) is 107 cm³/mol. The number of fused-ring (bicyclic) bond motifs is 1. The molecule has 4 rings (SSSR count). The van der Waals surface area contributed by atoms with Crippen molar-refractivity contribution < 1.29 is 4.42 Å². The summed E-state index contributed by atoms with van der Waals surface area (Å²) in [5, 5.41) is 9.91. The summed E-state index contributed by atoms with van der Waals surface area (Å²) in [4.78, 5) is 7.53. The van der Waals surface area contributed by atoms with Crippen LogP contribution in [0.5, 0.6) is 0 Å². The number of hydrogen-bond acceptors (Lipinski definition) is 6. The summed E-state index contributed by atoms with van der Waals surface area (Å²) in [5.74, 6) is 1.12. The van der Waals surface area contributed by atoms with Gasteiger partial charge in [0.05, 0.1) is 23.2 Å². The van der Waals surface area contributed by atoms with Crippen molar-refractivity contribution in [1.29, 1.82) is 5.26 Å². The maximum atomic E-state index is 9.91. The lowest BCUT2D eigenvalue weighted by molar-refractivity contribution is 0.522. The van der Waals surface area contributed by atoms with Crippen LogP contribution in [-0.2, 0) is 0 Å². The molecule has 0 amide bonds. The smallest absolute Gasteiger partial charge is 0.230 e. The number of rotatable bonds is 3. The summed E-state index contributed by atoms with van der Waals surface area (Å²) < 4.78 is 5.92. The molecule has 1 aliphatic rings. The lowest BCUT2D eigenvalue weighted by atomic mass is 9.86. The van der Waals surface area contributed by atoms with E-state index in [1.165, 1.54) is 0 Å². The highest BCUT2D eigenvalue weighted by molar-refractivity contribution is 7.98. The summed E-state index contributed by atoms with van der Waals surface area (Å²) in [6.07, 6.45) is 2.03. The van der Waals surface area contributed by atoms with Crippen molar-refractivity contribution in [3.8, 4) is 6.07 Å². The van der Waals surface area contributed by atoms with Crippen LogP contribution in [0, 0.1) is 18.3 Å². The molecule has 27 heavy (non-hydrogen) atoms. The Bertz CT molecular complexity index is 1050. The Hall–Kier alpha value is -3.17. The Morgan fingerprint density at radius 3 is 2.48 bits per heavy atom. The Morgan fingerprint density at radius 1 is 1.15 bits per heavy atom. The number of aryl methyl sites for hydroxylation is 1. The number of anilines is 2. The summed E-state index contributed by atoms with van der Waals surface area (Å²) in [6, 6.07) is 20.1. The minimum atomic E-state index is -0.349. The highest BCUT2D eigenvalue weighted by atomic mass is 32.2. The molecule has 6 heteroatoms. The van der Waals surface area contributed by atoms with Crippen LogP contribution in [0.4, 0.5) is 11.6 Å². The van der Waals surface area contributed by atoms with Crippen LogP contribution in [0.2, 0.25) is 0 Å². The molecule has 2 aromatic carbocycles. The minimum absolute atomic E-state index is 0.349. The van der Waals surface area contributed by atoms with Gasteiger partial charge in [-0.2, -0.15) is 5.26 Å². The fraction of sp³-hybridized carbons (Fsp3) is 0.143. The maximum Gasteiger partial charge on any atom is 0.230 e. The van der Waals surface area contributed by atoms with Gasteiger partial charge in [0.25, 0.3) is 0 Å². The third-order valence-corrected chi connectivity index (χ3v) is 5.35. The summed E-state index contributed by atoms with van der Waals surface area (Å²) in [6.45, 7) is 1.80. The van der Waals surface area contributed by atoms with E-state index in [9.17, 15) is 5.26 Å². The van der Waals surface area contributed by atoms with Gasteiger partial charge in [0.15, 0.2) is 5.89 Å². The molecule has 134 valence electrons. The fourth-order valence-corrected chi connectivity index (χ4v) is 3.78. The number of oxazole rings is 1. The average Bonchev–Trinajstić information content (AvgIpc) is 3.08. The van der Waals surface area contributed by atoms with Gasteiger partial charge in [0, 0.05) is 11.8 Å². The number of thioether (sulfide) groups is 1. The number of aromatic nitrogens is 1. The van der Waals surface area contributed by atoms with Gasteiger partial charge in [-0.05, 0) is 36.1 Å². The molecule has 0 spiro atoms. The van der Waals surface area contributed by atoms with Crippen LogP contribution in [0.15, 0.2) is 75.3 Å². The molecule has 1 atom stereocenters. The third-order valence-electron chi connectivity index (χ3n) is 4.61. The molecule has 5 nitrogen and oxygen atoms in total. The first-order valence-corrected chi connectivity index (χ1v) is 9.72. The van der Waals surface area contributed by atoms with Gasteiger partial charge in [-0.3, -0.25) is 4.90 Å². The molecule has 1 aromatic heterocycles. The van der Waals surface area contributed by atoms with Crippen molar-refractivity contribution in [2.75, 3.05) is 11.2 Å². The van der Waals surface area contributed by atoms with E-state index in [0.717, 1.165) is 16.1 Å². The van der Waals surface area contributed by atoms with Crippen LogP contribution in [0.25, 0.3) is 0 Å². The number of benzene rings is 2. The zero-order valence-electron chi connectivity index (χ0n) is 15.0. The van der Waals surface area contributed by atoms with Crippen LogP contribution >= 0.6 is 11.8 Å². The zero-order valence-corrected chi connectivity index (χ0v) is 15.8. The van der Waals surface area contributed by atoms with E-state index in [-0.39, 0.29) is 5.92 Å². The lowest BCUT2D eigenvalue weighted by Gasteiger charge is -2.31. The molecule has 0 bridgehead atoms. The van der Waals surface area contributed by atoms with E-state index < -0.39 is 0 Å². The van der Waals surface area contributed by atoms with Crippen LogP contribution in [0.1, 0.15) is 23.1 Å². The molecule has 1 aliphatic heterocycles. The van der Waals surface area contributed by atoms with E-state index >= 15 is 0 Å². The predicted octanol–water partition coefficient (Wildman–Crippen LogP) is 4.68. The quantitative estimate of drug-likeness (QED) is 0.671. The molecule has 2 N–H and O–H groups in total. The minimum Gasteiger partial charge on any atom is -0.424 e. The van der Waals surface area contributed by atoms with Crippen molar-refractivity contribution >= 4 is 23.3 Å². The SMILES string of the molecule is CSc1ccc(C2C(C#N)=C(N)N(c3ccccc3)c3oc(C)nc32)cc1. The molecule has 1 unspecified atom stereocenters. The van der Waals surface area contributed by atoms with E-state index in [1.54, 1.807) is 23.6 Å². The highest BCUT2D eigenvalue weighted by Gasteiger charge is 2.38. The lowest BCUT2D eigenvalue weighted by Crippen LogP contribution is -2.31. The van der Waals surface area contributed by atoms with Crippen molar-refractivity contribution in [3.05, 3.63) is 83.1 Å². The van der Waals surface area contributed by atoms with E-state index in [0.29, 0.717) is 28.9 Å². The number of nitrogens with two attached hydrogens (primary N) is 1. The van der Waals surface area contributed by atoms with Crippen molar-refractivity contribution in [1.82, 2.24) is 4.98 Å². The van der Waals surface area contributed by atoms with Gasteiger partial charge >= 0.3 is 0 Å². The van der Waals surface area contributed by atoms with Crippen LogP contribution in [-0.4, -0.2) is 11.2 Å². The van der Waals surface area contributed by atoms with Gasteiger partial charge in [0.2, 0.25) is 5.88 Å². The Labute approximate surface area is 162 Å². The molecule has 0 radical (unpaired) electrons. The largest absolute Gasteiger partial charge is 0.424 e. The van der Waals surface area contributed by atoms with Gasteiger partial charge < -0.3 is 10.2 Å². The standard InChI is InChI=1S/C21H18N4OS/c1-13-24-19-18(14-8-10-16(27-2)11-9-14)17(12-22)20(23)25(21(19)26-13)15-6-4-3-5-7-15/h3-11,18H,23H2,1-2H3. The molecule has 0 aliphatic carbocycles. The average molecular weight is 374 g/mol. The van der Waals surface area contributed by atoms with Gasteiger partial charge in [-0.25, -0.2) is 4.98 Å². The Morgan fingerprint density at radius 2 is 1.85 bits per heavy atom. The zero-order chi connectivity index (χ0) is 19.0. The second kappa shape index (κ2) is 6.86. The molecule has 2 heterocycles. The van der Waals surface area contributed by atoms with Crippen molar-refractivity contribution in [3.63, 3.8) is 0 Å². The van der Waals surface area contributed by atoms with E-state index in [4.69, 9.17) is 10.2 Å². The number of nitriles is 1. The molecular weight excluding hydrogens is 356 g/mol.